The molecule has 2 aromatic carbocycles. The van der Waals surface area contributed by atoms with Gasteiger partial charge in [-0.05, 0) is 75.9 Å². The van der Waals surface area contributed by atoms with Crippen molar-refractivity contribution >= 4 is 16.7 Å². The molecule has 0 unspecified atom stereocenters. The molecule has 4 aromatic rings. The highest BCUT2D eigenvalue weighted by Gasteiger charge is 2.32. The second-order valence-electron chi connectivity index (χ2n) is 8.46. The lowest BCUT2D eigenvalue weighted by Gasteiger charge is -2.15. The van der Waals surface area contributed by atoms with Crippen LogP contribution in [0.5, 0.6) is 0 Å². The Labute approximate surface area is 210 Å². The molecule has 0 saturated heterocycles. The topological polar surface area (TPSA) is 53.9 Å². The Kier molecular flexibility index (Phi) is 8.98. The highest BCUT2D eigenvalue weighted by Crippen LogP contribution is 2.36. The average Bonchev–Trinajstić information content (AvgIpc) is 2.87. The zero-order valence-corrected chi connectivity index (χ0v) is 21.3. The van der Waals surface area contributed by atoms with Crippen LogP contribution in [0.25, 0.3) is 33.5 Å². The maximum atomic E-state index is 13.8. The van der Waals surface area contributed by atoms with Crippen LogP contribution in [-0.4, -0.2) is 47.0 Å². The molecule has 0 radical (unpaired) electrons. The lowest BCUT2D eigenvalue weighted by atomic mass is 10.0. The van der Waals surface area contributed by atoms with Gasteiger partial charge in [-0.3, -0.25) is 4.98 Å². The van der Waals surface area contributed by atoms with Gasteiger partial charge in [0, 0.05) is 29.3 Å². The Balaban J connectivity index is 0.00000176. The van der Waals surface area contributed by atoms with E-state index in [0.717, 1.165) is 36.0 Å². The van der Waals surface area contributed by atoms with Crippen molar-refractivity contribution in [2.75, 3.05) is 32.5 Å². The van der Waals surface area contributed by atoms with Crippen LogP contribution in [0.3, 0.4) is 0 Å². The SMILES string of the molecule is CC.Cc1cccc2c(NCCCN(C)C)nc(-c3cc(-c4ccccn4)cc(C(F)(F)F)c3)nc12. The minimum Gasteiger partial charge on any atom is -0.369 e. The van der Waals surface area contributed by atoms with Gasteiger partial charge in [-0.25, -0.2) is 9.97 Å². The van der Waals surface area contributed by atoms with Crippen molar-refractivity contribution < 1.29 is 13.2 Å². The fraction of sp³-hybridized carbons (Fsp3) is 0.321. The maximum Gasteiger partial charge on any atom is 0.416 e. The summed E-state index contributed by atoms with van der Waals surface area (Å²) in [6.45, 7) is 7.52. The van der Waals surface area contributed by atoms with Crippen LogP contribution in [-0.2, 0) is 6.18 Å². The van der Waals surface area contributed by atoms with E-state index in [9.17, 15) is 13.2 Å². The van der Waals surface area contributed by atoms with Gasteiger partial charge < -0.3 is 10.2 Å². The lowest BCUT2D eigenvalue weighted by Crippen LogP contribution is -2.17. The van der Waals surface area contributed by atoms with E-state index in [-0.39, 0.29) is 11.4 Å². The number of pyridine rings is 1. The molecule has 0 aliphatic carbocycles. The molecule has 0 spiro atoms. The van der Waals surface area contributed by atoms with Crippen molar-refractivity contribution in [2.24, 2.45) is 0 Å². The standard InChI is InChI=1S/C26H26F3N5.C2H6/c1-17-8-6-9-21-23(17)32-24(33-25(21)31-12-7-13-34(2)3)19-14-18(22-10-4-5-11-30-22)15-20(16-19)26(27,28)29;1-2/h4-6,8-11,14-16H,7,12-13H2,1-3H3,(H,31,32,33);1-2H3. The number of hydrogen-bond acceptors (Lipinski definition) is 5. The predicted molar refractivity (Wildman–Crippen MR) is 141 cm³/mol. The van der Waals surface area contributed by atoms with Crippen molar-refractivity contribution in [2.45, 2.75) is 33.4 Å². The van der Waals surface area contributed by atoms with Gasteiger partial charge in [-0.2, -0.15) is 13.2 Å². The molecule has 0 bridgehead atoms. The number of hydrogen-bond donors (Lipinski definition) is 1. The van der Waals surface area contributed by atoms with Crippen molar-refractivity contribution in [3.63, 3.8) is 0 Å². The van der Waals surface area contributed by atoms with E-state index in [1.807, 2.05) is 53.1 Å². The number of aryl methyl sites for hydroxylation is 1. The Hall–Kier alpha value is -3.52. The quantitative estimate of drug-likeness (QED) is 0.278. The monoisotopic (exact) mass is 495 g/mol. The number of aromatic nitrogens is 3. The van der Waals surface area contributed by atoms with Crippen molar-refractivity contribution in [1.82, 2.24) is 19.9 Å². The number of fused-ring (bicyclic) bond motifs is 1. The summed E-state index contributed by atoms with van der Waals surface area (Å²) in [7, 11) is 4.02. The summed E-state index contributed by atoms with van der Waals surface area (Å²) in [5.74, 6) is 0.847. The van der Waals surface area contributed by atoms with Crippen LogP contribution in [0.2, 0.25) is 0 Å². The van der Waals surface area contributed by atoms with Crippen LogP contribution in [0.4, 0.5) is 19.0 Å². The van der Waals surface area contributed by atoms with E-state index in [4.69, 9.17) is 0 Å². The number of nitrogens with zero attached hydrogens (tertiary/aromatic N) is 4. The predicted octanol–water partition coefficient (Wildman–Crippen LogP) is 7.08. The molecule has 0 fully saturated rings. The summed E-state index contributed by atoms with van der Waals surface area (Å²) < 4.78 is 41.3. The fourth-order valence-electron chi connectivity index (χ4n) is 3.76. The van der Waals surface area contributed by atoms with Crippen molar-refractivity contribution in [3.05, 3.63) is 71.9 Å². The maximum absolute atomic E-state index is 13.8. The summed E-state index contributed by atoms with van der Waals surface area (Å²) in [6, 6.07) is 14.8. The first-order valence-electron chi connectivity index (χ1n) is 12.0. The number of para-hydroxylation sites is 1. The first kappa shape index (κ1) is 27.1. The molecule has 2 heterocycles. The second kappa shape index (κ2) is 11.9. The molecule has 0 atom stereocenters. The molecule has 0 aliphatic rings. The Bertz CT molecular complexity index is 1290. The van der Waals surface area contributed by atoms with Gasteiger partial charge in [-0.15, -0.1) is 0 Å². The smallest absolute Gasteiger partial charge is 0.369 e. The third-order valence-corrected chi connectivity index (χ3v) is 5.48. The molecule has 0 saturated carbocycles. The molecule has 1 N–H and O–H groups in total. The molecule has 0 aliphatic heterocycles. The van der Waals surface area contributed by atoms with Gasteiger partial charge in [0.25, 0.3) is 0 Å². The van der Waals surface area contributed by atoms with Gasteiger partial charge in [0.1, 0.15) is 5.82 Å². The molecule has 8 heteroatoms. The fourth-order valence-corrected chi connectivity index (χ4v) is 3.76. The average molecular weight is 496 g/mol. The first-order valence-corrected chi connectivity index (χ1v) is 12.0. The molecule has 2 aromatic heterocycles. The highest BCUT2D eigenvalue weighted by molar-refractivity contribution is 5.92. The first-order chi connectivity index (χ1) is 17.2. The van der Waals surface area contributed by atoms with Crippen LogP contribution in [0, 0.1) is 6.92 Å². The molecule has 190 valence electrons. The van der Waals surface area contributed by atoms with Crippen molar-refractivity contribution in [3.8, 4) is 22.6 Å². The van der Waals surface area contributed by atoms with Crippen LogP contribution >= 0.6 is 0 Å². The summed E-state index contributed by atoms with van der Waals surface area (Å²) >= 11 is 0. The number of anilines is 1. The van der Waals surface area contributed by atoms with E-state index in [0.29, 0.717) is 29.1 Å². The largest absolute Gasteiger partial charge is 0.416 e. The van der Waals surface area contributed by atoms with Gasteiger partial charge in [-0.1, -0.05) is 32.0 Å². The van der Waals surface area contributed by atoms with Gasteiger partial charge >= 0.3 is 6.18 Å². The van der Waals surface area contributed by atoms with E-state index in [1.54, 1.807) is 30.5 Å². The van der Waals surface area contributed by atoms with Gasteiger partial charge in [0.15, 0.2) is 5.82 Å². The Morgan fingerprint density at radius 3 is 2.33 bits per heavy atom. The summed E-state index contributed by atoms with van der Waals surface area (Å²) in [6.07, 6.45) is -2.06. The number of rotatable bonds is 7. The van der Waals surface area contributed by atoms with Crippen LogP contribution < -0.4 is 5.32 Å². The Morgan fingerprint density at radius 2 is 1.67 bits per heavy atom. The third-order valence-electron chi connectivity index (χ3n) is 5.48. The Morgan fingerprint density at radius 1 is 0.917 bits per heavy atom. The van der Waals surface area contributed by atoms with Gasteiger partial charge in [0.2, 0.25) is 0 Å². The van der Waals surface area contributed by atoms with Crippen LogP contribution in [0.1, 0.15) is 31.4 Å². The molecule has 0 amide bonds. The molecule has 4 rings (SSSR count). The minimum atomic E-state index is -4.51. The summed E-state index contributed by atoms with van der Waals surface area (Å²) in [5.41, 5.74) is 1.97. The van der Waals surface area contributed by atoms with Crippen LogP contribution in [0.15, 0.2) is 60.8 Å². The normalized spacial score (nSPS) is 11.4. The molecule has 5 nitrogen and oxygen atoms in total. The molecular formula is C28H32F3N5. The van der Waals surface area contributed by atoms with E-state index in [1.165, 1.54) is 0 Å². The summed E-state index contributed by atoms with van der Waals surface area (Å²) in [5, 5.41) is 4.20. The number of benzene rings is 2. The van der Waals surface area contributed by atoms with E-state index in [2.05, 4.69) is 25.2 Å². The van der Waals surface area contributed by atoms with Crippen molar-refractivity contribution in [1.29, 1.82) is 0 Å². The minimum absolute atomic E-state index is 0.236. The number of halogens is 3. The lowest BCUT2D eigenvalue weighted by molar-refractivity contribution is -0.137. The molecular weight excluding hydrogens is 463 g/mol. The summed E-state index contributed by atoms with van der Waals surface area (Å²) in [4.78, 5) is 15.7. The highest BCUT2D eigenvalue weighted by atomic mass is 19.4. The third kappa shape index (κ3) is 6.57. The zero-order valence-electron chi connectivity index (χ0n) is 21.3. The molecule has 36 heavy (non-hydrogen) atoms. The second-order valence-corrected chi connectivity index (χ2v) is 8.46. The van der Waals surface area contributed by atoms with E-state index >= 15 is 0 Å². The van der Waals surface area contributed by atoms with Gasteiger partial charge in [0.05, 0.1) is 16.8 Å². The zero-order chi connectivity index (χ0) is 26.3. The number of alkyl halides is 3. The number of nitrogens with one attached hydrogen (secondary N) is 1. The van der Waals surface area contributed by atoms with E-state index < -0.39 is 11.7 Å².